The Hall–Kier alpha value is -1.29. The first-order chi connectivity index (χ1) is 9.96. The Morgan fingerprint density at radius 1 is 1.14 bits per heavy atom. The number of rotatable bonds is 2. The summed E-state index contributed by atoms with van der Waals surface area (Å²) in [7, 11) is 1.75. The Balaban J connectivity index is 2.01. The van der Waals surface area contributed by atoms with Crippen LogP contribution in [0.15, 0.2) is 6.20 Å². The number of ketones is 1. The maximum atomic E-state index is 12.2. The number of carbonyl (C=O) groups is 1. The number of fused-ring (bicyclic) bond motifs is 1. The Bertz CT molecular complexity index is 560. The van der Waals surface area contributed by atoms with Crippen molar-refractivity contribution in [2.45, 2.75) is 64.4 Å². The van der Waals surface area contributed by atoms with Gasteiger partial charge in [0.2, 0.25) is 0 Å². The van der Waals surface area contributed by atoms with Gasteiger partial charge in [-0.25, -0.2) is 9.97 Å². The summed E-state index contributed by atoms with van der Waals surface area (Å²) in [5, 5.41) is 0. The van der Waals surface area contributed by atoms with E-state index in [0.29, 0.717) is 12.0 Å². The summed E-state index contributed by atoms with van der Waals surface area (Å²) >= 11 is 0. The highest BCUT2D eigenvalue weighted by Crippen LogP contribution is 2.40. The highest BCUT2D eigenvalue weighted by molar-refractivity contribution is 5.98. The third kappa shape index (κ3) is 2.61. The summed E-state index contributed by atoms with van der Waals surface area (Å²) < 4.78 is 5.82. The Morgan fingerprint density at radius 3 is 2.52 bits per heavy atom. The van der Waals surface area contributed by atoms with Crippen LogP contribution in [0.2, 0.25) is 0 Å². The molecule has 3 rings (SSSR count). The van der Waals surface area contributed by atoms with Crippen molar-refractivity contribution in [2.75, 3.05) is 7.11 Å². The van der Waals surface area contributed by atoms with E-state index in [9.17, 15) is 4.79 Å². The molecule has 0 aromatic carbocycles. The molecule has 1 saturated carbocycles. The van der Waals surface area contributed by atoms with Gasteiger partial charge in [-0.05, 0) is 24.7 Å². The highest BCUT2D eigenvalue weighted by Gasteiger charge is 2.39. The average molecular weight is 288 g/mol. The molecule has 1 fully saturated rings. The first kappa shape index (κ1) is 14.6. The Kier molecular flexibility index (Phi) is 3.60. The van der Waals surface area contributed by atoms with Crippen LogP contribution in [0.1, 0.15) is 74.2 Å². The van der Waals surface area contributed by atoms with Gasteiger partial charge < -0.3 is 4.74 Å². The van der Waals surface area contributed by atoms with Gasteiger partial charge in [-0.2, -0.15) is 0 Å². The zero-order valence-electron chi connectivity index (χ0n) is 13.2. The molecule has 0 radical (unpaired) electrons. The molecule has 0 saturated heterocycles. The summed E-state index contributed by atoms with van der Waals surface area (Å²) in [6, 6.07) is 0. The number of hydrogen-bond donors (Lipinski definition) is 0. The largest absolute Gasteiger partial charge is 0.370 e. The summed E-state index contributed by atoms with van der Waals surface area (Å²) in [6.45, 7) is 4.25. The SMILES string of the molecule is COC1(c2ncc3c(n2)CC(C)(C)CC3=O)CCCCC1. The molecule has 2 aliphatic rings. The lowest BCUT2D eigenvalue weighted by Crippen LogP contribution is -2.35. The molecular formula is C17H24N2O2. The summed E-state index contributed by atoms with van der Waals surface area (Å²) in [5.41, 5.74) is 1.25. The fourth-order valence-corrected chi connectivity index (χ4v) is 3.69. The van der Waals surface area contributed by atoms with E-state index in [2.05, 4.69) is 18.8 Å². The smallest absolute Gasteiger partial charge is 0.166 e. The predicted octanol–water partition coefficient (Wildman–Crippen LogP) is 3.44. The lowest BCUT2D eigenvalue weighted by Gasteiger charge is -2.36. The third-order valence-electron chi connectivity index (χ3n) is 4.91. The van der Waals surface area contributed by atoms with Crippen molar-refractivity contribution < 1.29 is 9.53 Å². The molecule has 4 heteroatoms. The van der Waals surface area contributed by atoms with Gasteiger partial charge in [-0.1, -0.05) is 33.1 Å². The lowest BCUT2D eigenvalue weighted by atomic mass is 9.76. The molecule has 0 unspecified atom stereocenters. The van der Waals surface area contributed by atoms with E-state index in [1.165, 1.54) is 6.42 Å². The van der Waals surface area contributed by atoms with E-state index in [1.807, 2.05) is 0 Å². The van der Waals surface area contributed by atoms with Gasteiger partial charge in [0.05, 0.1) is 11.3 Å². The van der Waals surface area contributed by atoms with E-state index in [1.54, 1.807) is 13.3 Å². The van der Waals surface area contributed by atoms with Crippen LogP contribution in [0.5, 0.6) is 0 Å². The second-order valence-corrected chi connectivity index (χ2v) is 7.25. The van der Waals surface area contributed by atoms with E-state index < -0.39 is 0 Å². The molecule has 1 aromatic heterocycles. The van der Waals surface area contributed by atoms with Crippen molar-refractivity contribution in [1.29, 1.82) is 0 Å². The molecule has 1 heterocycles. The number of Topliss-reactive ketones (excluding diaryl/α,β-unsaturated/α-hetero) is 1. The van der Waals surface area contributed by atoms with Crippen molar-refractivity contribution in [3.8, 4) is 0 Å². The van der Waals surface area contributed by atoms with Crippen LogP contribution >= 0.6 is 0 Å². The van der Waals surface area contributed by atoms with Crippen LogP contribution in [-0.2, 0) is 16.8 Å². The van der Waals surface area contributed by atoms with Gasteiger partial charge >= 0.3 is 0 Å². The van der Waals surface area contributed by atoms with Crippen LogP contribution in [0.25, 0.3) is 0 Å². The number of carbonyl (C=O) groups excluding carboxylic acids is 1. The van der Waals surface area contributed by atoms with E-state index in [-0.39, 0.29) is 16.8 Å². The minimum Gasteiger partial charge on any atom is -0.370 e. The van der Waals surface area contributed by atoms with Gasteiger partial charge in [0.15, 0.2) is 11.6 Å². The lowest BCUT2D eigenvalue weighted by molar-refractivity contribution is -0.0517. The molecule has 4 nitrogen and oxygen atoms in total. The Labute approximate surface area is 126 Å². The van der Waals surface area contributed by atoms with Gasteiger partial charge in [-0.15, -0.1) is 0 Å². The predicted molar refractivity (Wildman–Crippen MR) is 80.2 cm³/mol. The minimum absolute atomic E-state index is 0.0114. The van der Waals surface area contributed by atoms with Crippen LogP contribution < -0.4 is 0 Å². The number of aromatic nitrogens is 2. The van der Waals surface area contributed by atoms with E-state index in [4.69, 9.17) is 9.72 Å². The zero-order valence-corrected chi connectivity index (χ0v) is 13.2. The molecule has 21 heavy (non-hydrogen) atoms. The highest BCUT2D eigenvalue weighted by atomic mass is 16.5. The summed E-state index contributed by atoms with van der Waals surface area (Å²) in [4.78, 5) is 21.5. The van der Waals surface area contributed by atoms with Gasteiger partial charge in [-0.3, -0.25) is 4.79 Å². The Morgan fingerprint density at radius 2 is 1.86 bits per heavy atom. The number of methoxy groups -OCH3 is 1. The fourth-order valence-electron chi connectivity index (χ4n) is 3.69. The molecule has 1 aromatic rings. The summed E-state index contributed by atoms with van der Waals surface area (Å²) in [5.74, 6) is 0.942. The molecule has 0 bridgehead atoms. The maximum Gasteiger partial charge on any atom is 0.166 e. The second-order valence-electron chi connectivity index (χ2n) is 7.25. The van der Waals surface area contributed by atoms with Crippen LogP contribution in [-0.4, -0.2) is 22.9 Å². The second kappa shape index (κ2) is 5.16. The molecule has 0 amide bonds. The van der Waals surface area contributed by atoms with Crippen molar-refractivity contribution in [2.24, 2.45) is 5.41 Å². The molecule has 0 spiro atoms. The quantitative estimate of drug-likeness (QED) is 0.836. The van der Waals surface area contributed by atoms with Crippen molar-refractivity contribution in [1.82, 2.24) is 9.97 Å². The van der Waals surface area contributed by atoms with Crippen LogP contribution in [0, 0.1) is 5.41 Å². The average Bonchev–Trinajstić information content (AvgIpc) is 2.46. The monoisotopic (exact) mass is 288 g/mol. The van der Waals surface area contributed by atoms with Gasteiger partial charge in [0.25, 0.3) is 0 Å². The molecule has 0 aliphatic heterocycles. The molecule has 0 atom stereocenters. The number of hydrogen-bond acceptors (Lipinski definition) is 4. The van der Waals surface area contributed by atoms with E-state index in [0.717, 1.165) is 43.6 Å². The topological polar surface area (TPSA) is 52.1 Å². The van der Waals surface area contributed by atoms with E-state index >= 15 is 0 Å². The summed E-state index contributed by atoms with van der Waals surface area (Å²) in [6.07, 6.45) is 8.64. The van der Waals surface area contributed by atoms with Crippen molar-refractivity contribution in [3.05, 3.63) is 23.3 Å². The zero-order chi connectivity index (χ0) is 15.1. The fraction of sp³-hybridized carbons (Fsp3) is 0.706. The van der Waals surface area contributed by atoms with Gasteiger partial charge in [0, 0.05) is 19.7 Å². The van der Waals surface area contributed by atoms with Gasteiger partial charge in [0.1, 0.15) is 5.60 Å². The standard InChI is InChI=1S/C17H24N2O2/c1-16(2)9-13-12(14(20)10-16)11-18-15(19-13)17(21-3)7-5-4-6-8-17/h11H,4-10H2,1-3H3. The minimum atomic E-state index is -0.349. The van der Waals surface area contributed by atoms with Crippen molar-refractivity contribution in [3.63, 3.8) is 0 Å². The molecular weight excluding hydrogens is 264 g/mol. The third-order valence-corrected chi connectivity index (χ3v) is 4.91. The van der Waals surface area contributed by atoms with Crippen LogP contribution in [0.4, 0.5) is 0 Å². The maximum absolute atomic E-state index is 12.2. The number of ether oxygens (including phenoxy) is 1. The molecule has 2 aliphatic carbocycles. The van der Waals surface area contributed by atoms with Crippen molar-refractivity contribution >= 4 is 5.78 Å². The molecule has 114 valence electrons. The van der Waals surface area contributed by atoms with Crippen LogP contribution in [0.3, 0.4) is 0 Å². The normalized spacial score (nSPS) is 23.7. The molecule has 0 N–H and O–H groups in total. The first-order valence-corrected chi connectivity index (χ1v) is 7.91. The number of nitrogens with zero attached hydrogens (tertiary/aromatic N) is 2. The first-order valence-electron chi connectivity index (χ1n) is 7.91.